The number of hydrogen-bond donors (Lipinski definition) is 0. The van der Waals surface area contributed by atoms with Crippen molar-refractivity contribution in [2.24, 2.45) is 10.4 Å². The standard InChI is InChI=1S/C20H22N4O/c21-13-6-12-20-11-5-4-10-17(20)23-18(16-8-2-1-3-9-16)24(19(20)25)15-7-14-22/h1-3,8-9,18H,4-7,10-12,15H2. The maximum Gasteiger partial charge on any atom is 0.236 e. The zero-order valence-electron chi connectivity index (χ0n) is 14.3. The Labute approximate surface area is 148 Å². The molecule has 25 heavy (non-hydrogen) atoms. The summed E-state index contributed by atoms with van der Waals surface area (Å²) in [6.45, 7) is 0.375. The SMILES string of the molecule is N#CCCN1C(=O)C2(CCC#N)CCCCC2=NC1c1ccccc1. The fourth-order valence-electron chi connectivity index (χ4n) is 4.04. The van der Waals surface area contributed by atoms with Crippen LogP contribution in [0.3, 0.4) is 0 Å². The minimum atomic E-state index is -0.630. The number of aliphatic imine (C=N–C) groups is 1. The molecule has 0 bridgehead atoms. The molecule has 0 spiro atoms. The summed E-state index contributed by atoms with van der Waals surface area (Å²) in [5.74, 6) is 0.0524. The molecule has 128 valence electrons. The third-order valence-electron chi connectivity index (χ3n) is 5.29. The van der Waals surface area contributed by atoms with Crippen molar-refractivity contribution in [1.29, 1.82) is 10.5 Å². The summed E-state index contributed by atoms with van der Waals surface area (Å²) in [5, 5.41) is 18.1. The summed E-state index contributed by atoms with van der Waals surface area (Å²) >= 11 is 0. The maximum atomic E-state index is 13.5. The molecule has 1 fully saturated rings. The number of carbonyl (C=O) groups excluding carboxylic acids is 1. The van der Waals surface area contributed by atoms with Crippen molar-refractivity contribution in [3.63, 3.8) is 0 Å². The fourth-order valence-corrected chi connectivity index (χ4v) is 4.04. The van der Waals surface area contributed by atoms with Crippen LogP contribution in [0.25, 0.3) is 0 Å². The molecule has 1 heterocycles. The number of fused-ring (bicyclic) bond motifs is 1. The van der Waals surface area contributed by atoms with Gasteiger partial charge in [-0.1, -0.05) is 36.8 Å². The molecular weight excluding hydrogens is 312 g/mol. The highest BCUT2D eigenvalue weighted by Crippen LogP contribution is 2.46. The van der Waals surface area contributed by atoms with Crippen molar-refractivity contribution in [1.82, 2.24) is 4.90 Å². The van der Waals surface area contributed by atoms with Gasteiger partial charge in [0, 0.05) is 18.7 Å². The number of carbonyl (C=O) groups is 1. The first-order valence-electron chi connectivity index (χ1n) is 8.90. The predicted molar refractivity (Wildman–Crippen MR) is 94.3 cm³/mol. The first-order valence-corrected chi connectivity index (χ1v) is 8.90. The van der Waals surface area contributed by atoms with Crippen molar-refractivity contribution in [3.05, 3.63) is 35.9 Å². The molecule has 5 nitrogen and oxygen atoms in total. The quantitative estimate of drug-likeness (QED) is 0.822. The van der Waals surface area contributed by atoms with E-state index in [-0.39, 0.29) is 18.5 Å². The van der Waals surface area contributed by atoms with Crippen molar-refractivity contribution in [2.75, 3.05) is 6.54 Å². The van der Waals surface area contributed by atoms with Gasteiger partial charge >= 0.3 is 0 Å². The monoisotopic (exact) mass is 334 g/mol. The second kappa shape index (κ2) is 7.49. The average Bonchev–Trinajstić information content (AvgIpc) is 2.66. The van der Waals surface area contributed by atoms with Crippen molar-refractivity contribution in [2.45, 2.75) is 51.1 Å². The molecule has 1 amide bonds. The lowest BCUT2D eigenvalue weighted by Gasteiger charge is -2.46. The zero-order chi connectivity index (χ0) is 17.7. The Morgan fingerprint density at radius 3 is 2.64 bits per heavy atom. The maximum absolute atomic E-state index is 13.5. The van der Waals surface area contributed by atoms with E-state index in [1.807, 2.05) is 30.3 Å². The van der Waals surface area contributed by atoms with Gasteiger partial charge in [0.2, 0.25) is 5.91 Å². The Kier molecular flexibility index (Phi) is 5.14. The van der Waals surface area contributed by atoms with Gasteiger partial charge in [0.05, 0.1) is 24.0 Å². The van der Waals surface area contributed by atoms with Crippen LogP contribution in [-0.2, 0) is 4.79 Å². The Morgan fingerprint density at radius 1 is 1.16 bits per heavy atom. The number of amides is 1. The number of nitrogens with zero attached hydrogens (tertiary/aromatic N) is 4. The van der Waals surface area contributed by atoms with Gasteiger partial charge in [-0.15, -0.1) is 0 Å². The molecule has 1 aliphatic heterocycles. The lowest BCUT2D eigenvalue weighted by molar-refractivity contribution is -0.143. The van der Waals surface area contributed by atoms with Crippen LogP contribution < -0.4 is 0 Å². The van der Waals surface area contributed by atoms with Crippen LogP contribution >= 0.6 is 0 Å². The van der Waals surface area contributed by atoms with Gasteiger partial charge in [0.1, 0.15) is 6.17 Å². The van der Waals surface area contributed by atoms with E-state index in [4.69, 9.17) is 15.5 Å². The number of rotatable bonds is 5. The Balaban J connectivity index is 2.05. The highest BCUT2D eigenvalue weighted by molar-refractivity contribution is 6.10. The van der Waals surface area contributed by atoms with Crippen LogP contribution in [0.1, 0.15) is 56.7 Å². The van der Waals surface area contributed by atoms with E-state index in [9.17, 15) is 4.79 Å². The van der Waals surface area contributed by atoms with Gasteiger partial charge in [-0.2, -0.15) is 10.5 Å². The molecule has 1 saturated carbocycles. The zero-order valence-corrected chi connectivity index (χ0v) is 14.3. The predicted octanol–water partition coefficient (Wildman–Crippen LogP) is 3.75. The number of hydrogen-bond acceptors (Lipinski definition) is 4. The second-order valence-corrected chi connectivity index (χ2v) is 6.71. The topological polar surface area (TPSA) is 80.2 Å². The van der Waals surface area contributed by atoms with E-state index in [1.54, 1.807) is 4.90 Å². The minimum absolute atomic E-state index is 0.0524. The summed E-state index contributed by atoms with van der Waals surface area (Å²) < 4.78 is 0. The molecule has 2 aliphatic rings. The first kappa shape index (κ1) is 17.2. The fraction of sp³-hybridized carbons (Fsp3) is 0.500. The largest absolute Gasteiger partial charge is 0.315 e. The molecule has 1 aromatic rings. The van der Waals surface area contributed by atoms with Crippen molar-refractivity contribution >= 4 is 11.6 Å². The molecular formula is C20H22N4O. The van der Waals surface area contributed by atoms with E-state index in [1.165, 1.54) is 0 Å². The van der Waals surface area contributed by atoms with Gasteiger partial charge < -0.3 is 4.90 Å². The summed E-state index contributed by atoms with van der Waals surface area (Å²) in [6.07, 6.45) is 4.43. The summed E-state index contributed by atoms with van der Waals surface area (Å²) in [6, 6.07) is 14.1. The van der Waals surface area contributed by atoms with E-state index >= 15 is 0 Å². The smallest absolute Gasteiger partial charge is 0.236 e. The van der Waals surface area contributed by atoms with Crippen LogP contribution in [0.2, 0.25) is 0 Å². The Hall–Kier alpha value is -2.66. The molecule has 0 aromatic heterocycles. The van der Waals surface area contributed by atoms with E-state index in [2.05, 4.69) is 12.1 Å². The summed E-state index contributed by atoms with van der Waals surface area (Å²) in [7, 11) is 0. The highest BCUT2D eigenvalue weighted by atomic mass is 16.2. The molecule has 0 radical (unpaired) electrons. The average molecular weight is 334 g/mol. The molecule has 2 unspecified atom stereocenters. The van der Waals surface area contributed by atoms with E-state index in [0.29, 0.717) is 19.4 Å². The lowest BCUT2D eigenvalue weighted by atomic mass is 9.67. The van der Waals surface area contributed by atoms with Crippen LogP contribution in [0.5, 0.6) is 0 Å². The third-order valence-corrected chi connectivity index (χ3v) is 5.29. The van der Waals surface area contributed by atoms with E-state index < -0.39 is 5.41 Å². The van der Waals surface area contributed by atoms with Crippen molar-refractivity contribution < 1.29 is 4.79 Å². The van der Waals surface area contributed by atoms with Crippen LogP contribution in [0, 0.1) is 28.1 Å². The van der Waals surface area contributed by atoms with Gasteiger partial charge in [0.25, 0.3) is 0 Å². The van der Waals surface area contributed by atoms with E-state index in [0.717, 1.165) is 37.0 Å². The molecule has 3 rings (SSSR count). The molecule has 0 N–H and O–H groups in total. The first-order chi connectivity index (χ1) is 12.2. The summed E-state index contributed by atoms with van der Waals surface area (Å²) in [5.41, 5.74) is 1.30. The van der Waals surface area contributed by atoms with Gasteiger partial charge in [-0.25, -0.2) is 0 Å². The second-order valence-electron chi connectivity index (χ2n) is 6.71. The normalized spacial score (nSPS) is 25.5. The molecule has 1 aromatic carbocycles. The number of nitriles is 2. The molecule has 5 heteroatoms. The van der Waals surface area contributed by atoms with Crippen LogP contribution in [0.15, 0.2) is 35.3 Å². The molecule has 2 atom stereocenters. The Morgan fingerprint density at radius 2 is 1.92 bits per heavy atom. The van der Waals surface area contributed by atoms with Crippen molar-refractivity contribution in [3.8, 4) is 12.1 Å². The van der Waals surface area contributed by atoms with Gasteiger partial charge in [-0.3, -0.25) is 9.79 Å². The molecule has 1 aliphatic carbocycles. The van der Waals surface area contributed by atoms with Crippen LogP contribution in [-0.4, -0.2) is 23.1 Å². The van der Waals surface area contributed by atoms with Crippen LogP contribution in [0.4, 0.5) is 0 Å². The summed E-state index contributed by atoms with van der Waals surface area (Å²) in [4.78, 5) is 20.2. The number of benzene rings is 1. The minimum Gasteiger partial charge on any atom is -0.315 e. The highest BCUT2D eigenvalue weighted by Gasteiger charge is 2.50. The third kappa shape index (κ3) is 3.15. The Bertz CT molecular complexity index is 743. The van der Waals surface area contributed by atoms with Gasteiger partial charge in [0.15, 0.2) is 0 Å². The lowest BCUT2D eigenvalue weighted by Crippen LogP contribution is -2.54. The van der Waals surface area contributed by atoms with Gasteiger partial charge in [-0.05, 0) is 31.2 Å². The molecule has 0 saturated heterocycles.